The fraction of sp³-hybridized carbons (Fsp3) is 0. The van der Waals surface area contributed by atoms with Crippen LogP contribution < -0.4 is 0 Å². The maximum Gasteiger partial charge on any atom is 0.148 e. The molecule has 0 aliphatic rings. The van der Waals surface area contributed by atoms with Crippen molar-refractivity contribution in [3.63, 3.8) is 0 Å². The second kappa shape index (κ2) is 4.68. The van der Waals surface area contributed by atoms with Gasteiger partial charge in [-0.3, -0.25) is 0 Å². The summed E-state index contributed by atoms with van der Waals surface area (Å²) < 4.78 is 1.02. The molecule has 0 atom stereocenters. The number of rotatable bonds is 2. The summed E-state index contributed by atoms with van der Waals surface area (Å²) in [6.45, 7) is 0. The van der Waals surface area contributed by atoms with Crippen LogP contribution in [0.25, 0.3) is 0 Å². The van der Waals surface area contributed by atoms with Crippen molar-refractivity contribution in [1.29, 1.82) is 0 Å². The summed E-state index contributed by atoms with van der Waals surface area (Å²) in [5, 5.41) is 10.2. The molecular formula is C11H8BrNOS. The number of nitrogens with zero attached hydrogens (tertiary/aromatic N) is 1. The zero-order chi connectivity index (χ0) is 10.7. The van der Waals surface area contributed by atoms with Crippen LogP contribution in [0.2, 0.25) is 0 Å². The molecule has 2 aromatic rings. The van der Waals surface area contributed by atoms with E-state index in [9.17, 15) is 5.11 Å². The lowest BCUT2D eigenvalue weighted by Crippen LogP contribution is -1.79. The highest BCUT2D eigenvalue weighted by Gasteiger charge is 2.03. The number of halogens is 1. The second-order valence-corrected chi connectivity index (χ2v) is 4.87. The summed E-state index contributed by atoms with van der Waals surface area (Å²) in [6, 6.07) is 11.2. The van der Waals surface area contributed by atoms with Crippen LogP contribution in [0.5, 0.6) is 5.75 Å². The van der Waals surface area contributed by atoms with Crippen molar-refractivity contribution in [3.05, 3.63) is 47.1 Å². The smallest absolute Gasteiger partial charge is 0.148 e. The van der Waals surface area contributed by atoms with E-state index in [4.69, 9.17) is 0 Å². The minimum absolute atomic E-state index is 0.211. The third kappa shape index (κ3) is 2.73. The summed E-state index contributed by atoms with van der Waals surface area (Å²) in [4.78, 5) is 5.14. The molecule has 0 unspecified atom stereocenters. The number of aromatic hydroxyl groups is 1. The first-order chi connectivity index (χ1) is 7.25. The summed E-state index contributed by atoms with van der Waals surface area (Å²) in [7, 11) is 0. The second-order valence-electron chi connectivity index (χ2n) is 2.89. The molecule has 1 heterocycles. The molecule has 0 bridgehead atoms. The van der Waals surface area contributed by atoms with Crippen LogP contribution >= 0.6 is 27.7 Å². The van der Waals surface area contributed by atoms with Crippen molar-refractivity contribution >= 4 is 27.7 Å². The molecule has 1 N–H and O–H groups in total. The molecule has 0 aliphatic carbocycles. The van der Waals surface area contributed by atoms with Gasteiger partial charge in [-0.15, -0.1) is 0 Å². The van der Waals surface area contributed by atoms with Gasteiger partial charge in [-0.1, -0.05) is 33.8 Å². The average Bonchev–Trinajstić information content (AvgIpc) is 2.22. The van der Waals surface area contributed by atoms with Gasteiger partial charge in [0.15, 0.2) is 0 Å². The lowest BCUT2D eigenvalue weighted by Gasteiger charge is -2.02. The fourth-order valence-electron chi connectivity index (χ4n) is 1.10. The summed E-state index contributed by atoms with van der Waals surface area (Å²) in [6.07, 6.45) is 1.67. The molecule has 0 saturated heterocycles. The number of hydrogen-bond acceptors (Lipinski definition) is 3. The van der Waals surface area contributed by atoms with Crippen molar-refractivity contribution in [1.82, 2.24) is 4.98 Å². The van der Waals surface area contributed by atoms with Gasteiger partial charge in [0.1, 0.15) is 10.8 Å². The molecule has 0 saturated carbocycles. The first kappa shape index (κ1) is 10.5. The number of hydrogen-bond donors (Lipinski definition) is 1. The molecule has 0 aliphatic heterocycles. The first-order valence-electron chi connectivity index (χ1n) is 4.33. The monoisotopic (exact) mass is 281 g/mol. The number of aromatic nitrogens is 1. The summed E-state index contributed by atoms with van der Waals surface area (Å²) in [5.41, 5.74) is 0. The first-order valence-corrected chi connectivity index (χ1v) is 5.94. The van der Waals surface area contributed by atoms with Gasteiger partial charge in [-0.2, -0.15) is 0 Å². The van der Waals surface area contributed by atoms with Crippen molar-refractivity contribution in [2.24, 2.45) is 0 Å². The molecule has 76 valence electrons. The van der Waals surface area contributed by atoms with Gasteiger partial charge >= 0.3 is 0 Å². The van der Waals surface area contributed by atoms with E-state index >= 15 is 0 Å². The summed E-state index contributed by atoms with van der Waals surface area (Å²) >= 11 is 4.84. The van der Waals surface area contributed by atoms with E-state index in [0.717, 1.165) is 9.37 Å². The molecule has 2 rings (SSSR count). The Bertz CT molecular complexity index is 476. The van der Waals surface area contributed by atoms with Crippen molar-refractivity contribution in [3.8, 4) is 5.75 Å². The largest absolute Gasteiger partial charge is 0.505 e. The van der Waals surface area contributed by atoms with Gasteiger partial charge in [0.25, 0.3) is 0 Å². The minimum Gasteiger partial charge on any atom is -0.505 e. The minimum atomic E-state index is 0.211. The predicted octanol–water partition coefficient (Wildman–Crippen LogP) is 3.70. The molecule has 15 heavy (non-hydrogen) atoms. The molecule has 0 radical (unpaired) electrons. The average molecular weight is 282 g/mol. The van der Waals surface area contributed by atoms with E-state index < -0.39 is 0 Å². The molecule has 0 fully saturated rings. The lowest BCUT2D eigenvalue weighted by atomic mass is 10.4. The highest BCUT2D eigenvalue weighted by molar-refractivity contribution is 9.10. The van der Waals surface area contributed by atoms with E-state index in [1.165, 1.54) is 11.8 Å². The van der Waals surface area contributed by atoms with E-state index in [-0.39, 0.29) is 5.75 Å². The van der Waals surface area contributed by atoms with Crippen LogP contribution in [0.1, 0.15) is 0 Å². The Balaban J connectivity index is 2.26. The van der Waals surface area contributed by atoms with Gasteiger partial charge in [-0.05, 0) is 30.3 Å². The van der Waals surface area contributed by atoms with Crippen LogP contribution in [0.15, 0.2) is 57.0 Å². The Labute approximate surface area is 100 Å². The van der Waals surface area contributed by atoms with Gasteiger partial charge < -0.3 is 5.11 Å². The van der Waals surface area contributed by atoms with Crippen LogP contribution in [0.3, 0.4) is 0 Å². The maximum absolute atomic E-state index is 9.55. The van der Waals surface area contributed by atoms with Crippen LogP contribution in [-0.2, 0) is 0 Å². The Morgan fingerprint density at radius 2 is 2.07 bits per heavy atom. The molecule has 1 aromatic heterocycles. The van der Waals surface area contributed by atoms with E-state index in [1.807, 2.05) is 24.3 Å². The maximum atomic E-state index is 9.55. The van der Waals surface area contributed by atoms with Crippen molar-refractivity contribution in [2.45, 2.75) is 9.92 Å². The molecule has 0 spiro atoms. The molecule has 1 aromatic carbocycles. The Morgan fingerprint density at radius 3 is 2.80 bits per heavy atom. The normalized spacial score (nSPS) is 10.2. The Hall–Kier alpha value is -1.00. The number of benzene rings is 1. The highest BCUT2D eigenvalue weighted by Crippen LogP contribution is 2.32. The van der Waals surface area contributed by atoms with Gasteiger partial charge in [-0.25, -0.2) is 4.98 Å². The number of pyridine rings is 1. The van der Waals surface area contributed by atoms with Crippen LogP contribution in [0, 0.1) is 0 Å². The fourth-order valence-corrected chi connectivity index (χ4v) is 2.50. The Morgan fingerprint density at radius 1 is 1.20 bits per heavy atom. The molecule has 2 nitrogen and oxygen atoms in total. The van der Waals surface area contributed by atoms with E-state index in [0.29, 0.717) is 5.03 Å². The molecule has 0 amide bonds. The SMILES string of the molecule is Oc1cccnc1Sc1cccc(Br)c1. The third-order valence-electron chi connectivity index (χ3n) is 1.76. The molecular weight excluding hydrogens is 274 g/mol. The standard InChI is InChI=1S/C11H8BrNOS/c12-8-3-1-4-9(7-8)15-11-10(14)5-2-6-13-11/h1-7,14H. The van der Waals surface area contributed by atoms with Gasteiger partial charge in [0.2, 0.25) is 0 Å². The Kier molecular flexibility index (Phi) is 3.28. The van der Waals surface area contributed by atoms with E-state index in [1.54, 1.807) is 18.3 Å². The van der Waals surface area contributed by atoms with Gasteiger partial charge in [0.05, 0.1) is 0 Å². The van der Waals surface area contributed by atoms with Crippen molar-refractivity contribution in [2.75, 3.05) is 0 Å². The summed E-state index contributed by atoms with van der Waals surface area (Å²) in [5.74, 6) is 0.211. The topological polar surface area (TPSA) is 33.1 Å². The quantitative estimate of drug-likeness (QED) is 0.911. The van der Waals surface area contributed by atoms with Gasteiger partial charge in [0, 0.05) is 15.6 Å². The van der Waals surface area contributed by atoms with Crippen LogP contribution in [0.4, 0.5) is 0 Å². The van der Waals surface area contributed by atoms with E-state index in [2.05, 4.69) is 20.9 Å². The predicted molar refractivity (Wildman–Crippen MR) is 64.2 cm³/mol. The zero-order valence-electron chi connectivity index (χ0n) is 7.72. The zero-order valence-corrected chi connectivity index (χ0v) is 10.1. The highest BCUT2D eigenvalue weighted by atomic mass is 79.9. The third-order valence-corrected chi connectivity index (χ3v) is 3.25. The molecule has 4 heteroatoms. The van der Waals surface area contributed by atoms with Crippen LogP contribution in [-0.4, -0.2) is 10.1 Å². The lowest BCUT2D eigenvalue weighted by molar-refractivity contribution is 0.457. The van der Waals surface area contributed by atoms with Crippen molar-refractivity contribution < 1.29 is 5.11 Å².